The molecule has 1 heterocycles. The summed E-state index contributed by atoms with van der Waals surface area (Å²) in [5.74, 6) is 0.0394. The van der Waals surface area contributed by atoms with Gasteiger partial charge in [0, 0.05) is 30.2 Å². The van der Waals surface area contributed by atoms with Crippen LogP contribution in [0.15, 0.2) is 18.2 Å². The molecule has 1 aromatic rings. The topological polar surface area (TPSA) is 66.5 Å². The Morgan fingerprint density at radius 1 is 1.22 bits per heavy atom. The molecular weight excluding hydrogens is 312 g/mol. The highest BCUT2D eigenvalue weighted by atomic mass is 32.2. The Hall–Kier alpha value is -1.82. The maximum absolute atomic E-state index is 12.2. The van der Waals surface area contributed by atoms with Crippen molar-refractivity contribution in [2.75, 3.05) is 19.3 Å². The number of benzene rings is 1. The van der Waals surface area contributed by atoms with Crippen molar-refractivity contribution in [3.8, 4) is 0 Å². The van der Waals surface area contributed by atoms with Crippen LogP contribution in [0.2, 0.25) is 0 Å². The minimum atomic E-state index is -0.351. The molecule has 0 unspecified atom stereocenters. The maximum Gasteiger partial charge on any atom is 0.261 e. The molecule has 0 atom stereocenters. The molecule has 2 aliphatic rings. The summed E-state index contributed by atoms with van der Waals surface area (Å²) in [7, 11) is 1.45. The molecular formula is C17H20N2O3S. The summed E-state index contributed by atoms with van der Waals surface area (Å²) in [5, 5.41) is 3.62. The highest BCUT2D eigenvalue weighted by Crippen LogP contribution is 2.29. The number of amides is 3. The molecule has 0 radical (unpaired) electrons. The summed E-state index contributed by atoms with van der Waals surface area (Å²) >= 11 is 1.92. The lowest BCUT2D eigenvalue weighted by Gasteiger charge is -2.09. The van der Waals surface area contributed by atoms with Gasteiger partial charge in [-0.3, -0.25) is 19.3 Å². The Balaban J connectivity index is 1.56. The number of hydrogen-bond donors (Lipinski definition) is 1. The van der Waals surface area contributed by atoms with E-state index in [2.05, 4.69) is 5.32 Å². The van der Waals surface area contributed by atoms with E-state index in [4.69, 9.17) is 0 Å². The molecule has 3 amide bonds. The molecule has 0 spiro atoms. The molecule has 1 N–H and O–H groups in total. The molecule has 122 valence electrons. The molecule has 23 heavy (non-hydrogen) atoms. The van der Waals surface area contributed by atoms with Crippen molar-refractivity contribution < 1.29 is 14.4 Å². The minimum Gasteiger partial charge on any atom is -0.351 e. The molecule has 6 heteroatoms. The van der Waals surface area contributed by atoms with Crippen LogP contribution in [0.3, 0.4) is 0 Å². The summed E-state index contributed by atoms with van der Waals surface area (Å²) in [5.41, 5.74) is 1.10. The average molecular weight is 332 g/mol. The highest BCUT2D eigenvalue weighted by molar-refractivity contribution is 7.99. The molecule has 0 saturated heterocycles. The zero-order valence-corrected chi connectivity index (χ0v) is 13.9. The second-order valence-electron chi connectivity index (χ2n) is 5.96. The average Bonchev–Trinajstić information content (AvgIpc) is 3.15. The normalized spacial score (nSPS) is 17.7. The van der Waals surface area contributed by atoms with E-state index in [-0.39, 0.29) is 17.7 Å². The first kappa shape index (κ1) is 16.1. The van der Waals surface area contributed by atoms with E-state index in [0.717, 1.165) is 15.9 Å². The fourth-order valence-electron chi connectivity index (χ4n) is 3.05. The third kappa shape index (κ3) is 3.27. The summed E-state index contributed by atoms with van der Waals surface area (Å²) < 4.78 is 0. The minimum absolute atomic E-state index is 0.199. The molecule has 1 aliphatic carbocycles. The van der Waals surface area contributed by atoms with Crippen LogP contribution in [0.1, 0.15) is 56.8 Å². The summed E-state index contributed by atoms with van der Waals surface area (Å²) in [6, 6.07) is 4.67. The van der Waals surface area contributed by atoms with Gasteiger partial charge >= 0.3 is 0 Å². The van der Waals surface area contributed by atoms with Crippen molar-refractivity contribution in [1.82, 2.24) is 10.2 Å². The number of nitrogens with one attached hydrogen (secondary N) is 1. The van der Waals surface area contributed by atoms with Crippen LogP contribution in [0.4, 0.5) is 0 Å². The van der Waals surface area contributed by atoms with E-state index >= 15 is 0 Å². The van der Waals surface area contributed by atoms with E-state index < -0.39 is 0 Å². The van der Waals surface area contributed by atoms with E-state index in [9.17, 15) is 14.4 Å². The zero-order valence-electron chi connectivity index (χ0n) is 13.1. The standard InChI is InChI=1S/C17H20N2O3S/c1-19-16(21)13-7-6-11(10-14(13)17(19)22)15(20)18-8-9-23-12-4-2-3-5-12/h6-7,10,12H,2-5,8-9H2,1H3,(H,18,20). The van der Waals surface area contributed by atoms with Gasteiger partial charge in [-0.05, 0) is 31.0 Å². The van der Waals surface area contributed by atoms with Crippen molar-refractivity contribution in [3.63, 3.8) is 0 Å². The Morgan fingerprint density at radius 2 is 1.91 bits per heavy atom. The van der Waals surface area contributed by atoms with Crippen LogP contribution in [0.25, 0.3) is 0 Å². The highest BCUT2D eigenvalue weighted by Gasteiger charge is 2.33. The third-order valence-electron chi connectivity index (χ3n) is 4.40. The number of rotatable bonds is 5. The van der Waals surface area contributed by atoms with Crippen LogP contribution >= 0.6 is 11.8 Å². The molecule has 1 saturated carbocycles. The van der Waals surface area contributed by atoms with E-state index in [1.54, 1.807) is 12.1 Å². The summed E-state index contributed by atoms with van der Waals surface area (Å²) in [6.07, 6.45) is 5.21. The van der Waals surface area contributed by atoms with Gasteiger partial charge in [0.05, 0.1) is 11.1 Å². The Kier molecular flexibility index (Phi) is 4.71. The van der Waals surface area contributed by atoms with E-state index in [1.807, 2.05) is 11.8 Å². The monoisotopic (exact) mass is 332 g/mol. The van der Waals surface area contributed by atoms with Gasteiger partial charge in [0.2, 0.25) is 0 Å². The number of nitrogens with zero attached hydrogens (tertiary/aromatic N) is 1. The summed E-state index contributed by atoms with van der Waals surface area (Å²) in [4.78, 5) is 37.0. The lowest BCUT2D eigenvalue weighted by molar-refractivity contribution is 0.0693. The SMILES string of the molecule is CN1C(=O)c2ccc(C(=O)NCCSC3CCCC3)cc2C1=O. The lowest BCUT2D eigenvalue weighted by Crippen LogP contribution is -2.26. The summed E-state index contributed by atoms with van der Waals surface area (Å²) in [6.45, 7) is 0.615. The Labute approximate surface area is 139 Å². The zero-order chi connectivity index (χ0) is 16.4. The van der Waals surface area contributed by atoms with Gasteiger partial charge < -0.3 is 5.32 Å². The fraction of sp³-hybridized carbons (Fsp3) is 0.471. The quantitative estimate of drug-likeness (QED) is 0.664. The number of carbonyl (C=O) groups is 3. The van der Waals surface area contributed by atoms with Gasteiger partial charge in [0.15, 0.2) is 0 Å². The van der Waals surface area contributed by atoms with Gasteiger partial charge in [0.1, 0.15) is 0 Å². The van der Waals surface area contributed by atoms with Crippen molar-refractivity contribution in [2.45, 2.75) is 30.9 Å². The predicted molar refractivity (Wildman–Crippen MR) is 89.9 cm³/mol. The van der Waals surface area contributed by atoms with Crippen LogP contribution in [-0.4, -0.2) is 47.2 Å². The predicted octanol–water partition coefficient (Wildman–Crippen LogP) is 2.32. The first-order valence-electron chi connectivity index (χ1n) is 7.94. The second-order valence-corrected chi connectivity index (χ2v) is 7.37. The van der Waals surface area contributed by atoms with Crippen molar-refractivity contribution in [2.24, 2.45) is 0 Å². The molecule has 0 bridgehead atoms. The smallest absolute Gasteiger partial charge is 0.261 e. The van der Waals surface area contributed by atoms with Crippen LogP contribution in [0.5, 0.6) is 0 Å². The van der Waals surface area contributed by atoms with E-state index in [1.165, 1.54) is 38.8 Å². The van der Waals surface area contributed by atoms with Crippen LogP contribution in [-0.2, 0) is 0 Å². The molecule has 0 aromatic heterocycles. The largest absolute Gasteiger partial charge is 0.351 e. The molecule has 3 rings (SSSR count). The van der Waals surface area contributed by atoms with Crippen molar-refractivity contribution in [3.05, 3.63) is 34.9 Å². The maximum atomic E-state index is 12.2. The molecule has 1 aromatic carbocycles. The Morgan fingerprint density at radius 3 is 2.65 bits per heavy atom. The number of hydrogen-bond acceptors (Lipinski definition) is 4. The number of fused-ring (bicyclic) bond motifs is 1. The van der Waals surface area contributed by atoms with Crippen LogP contribution < -0.4 is 5.32 Å². The van der Waals surface area contributed by atoms with Gasteiger partial charge in [0.25, 0.3) is 17.7 Å². The number of imide groups is 1. The first-order chi connectivity index (χ1) is 11.1. The van der Waals surface area contributed by atoms with Crippen LogP contribution in [0, 0.1) is 0 Å². The van der Waals surface area contributed by atoms with Gasteiger partial charge in [-0.1, -0.05) is 12.8 Å². The number of carbonyl (C=O) groups excluding carboxylic acids is 3. The van der Waals surface area contributed by atoms with Crippen molar-refractivity contribution in [1.29, 1.82) is 0 Å². The molecule has 1 aliphatic heterocycles. The fourth-order valence-corrected chi connectivity index (χ4v) is 4.27. The molecule has 5 nitrogen and oxygen atoms in total. The lowest BCUT2D eigenvalue weighted by atomic mass is 10.1. The van der Waals surface area contributed by atoms with Crippen molar-refractivity contribution >= 4 is 29.5 Å². The number of thioether (sulfide) groups is 1. The third-order valence-corrected chi connectivity index (χ3v) is 5.78. The Bertz CT molecular complexity index is 653. The molecule has 1 fully saturated rings. The first-order valence-corrected chi connectivity index (χ1v) is 8.99. The van der Waals surface area contributed by atoms with Gasteiger partial charge in [-0.2, -0.15) is 11.8 Å². The second kappa shape index (κ2) is 6.74. The van der Waals surface area contributed by atoms with E-state index in [0.29, 0.717) is 23.2 Å². The van der Waals surface area contributed by atoms with Gasteiger partial charge in [-0.15, -0.1) is 0 Å². The van der Waals surface area contributed by atoms with Gasteiger partial charge in [-0.25, -0.2) is 0 Å².